The van der Waals surface area contributed by atoms with Crippen LogP contribution in [0, 0.1) is 25.1 Å². The summed E-state index contributed by atoms with van der Waals surface area (Å²) in [6.45, 7) is 9.32. The maximum absolute atomic E-state index is 12.6. The van der Waals surface area contributed by atoms with Crippen molar-refractivity contribution in [3.8, 4) is 34.6 Å². The number of nitrogens with zero attached hydrogens (tertiary/aromatic N) is 15. The monoisotopic (exact) mass is 1910 g/mol. The standard InChI is InChI=1S/C13H16N3.C11H9F4N4.C11H13N3O.C11H11N2.C10H10N3.4Ir.Rh/c1-4-12-13(15(2)3)10-16(14-12)11-8-6-5-7-9-11;1-16-10-5-8(11(13,14)15)18-19(10)9-4-2-3-7(6-12)17-9;1-3-9-5-4-6-10(12-9)14-11(15)7-8(2)13-14;1-2-10-8-9-13(12-10)11-6-4-3-5-7-11;1-2-10-11-8-13(12-10)9-6-4-3-5-7-9;;;;;/h5-8,10H,4H2,1-3H3;2-5H,6H2,1H3;4-7,15H,3H2,1-2H3;3-6,8-9H,2H2,1H3;3-6,8H,2H2,1H3;;;;;/q2*-1;;2*-1;;;;;. The summed E-state index contributed by atoms with van der Waals surface area (Å²) >= 11 is 0. The van der Waals surface area contributed by atoms with Gasteiger partial charge in [-0.3, -0.25) is 14.3 Å². The minimum atomic E-state index is -4.57. The van der Waals surface area contributed by atoms with Gasteiger partial charge >= 0.3 is 6.18 Å². The Morgan fingerprint density at radius 3 is 1.60 bits per heavy atom. The van der Waals surface area contributed by atoms with Crippen LogP contribution >= 0.6 is 0 Å². The number of alkyl halides is 4. The molecule has 0 atom stereocenters. The number of pyridine rings is 2. The Morgan fingerprint density at radius 1 is 0.605 bits per heavy atom. The van der Waals surface area contributed by atoms with Gasteiger partial charge in [-0.2, -0.15) is 111 Å². The maximum Gasteiger partial charge on any atom is 0.433 e. The van der Waals surface area contributed by atoms with Crippen molar-refractivity contribution in [1.29, 1.82) is 0 Å². The number of aromatic nitrogens is 13. The predicted octanol–water partition coefficient (Wildman–Crippen LogP) is 11.4. The Morgan fingerprint density at radius 2 is 1.16 bits per heavy atom. The van der Waals surface area contributed by atoms with Gasteiger partial charge in [0.25, 0.3) is 0 Å². The van der Waals surface area contributed by atoms with Crippen molar-refractivity contribution in [2.75, 3.05) is 26.0 Å². The van der Waals surface area contributed by atoms with Gasteiger partial charge in [0.1, 0.15) is 18.7 Å². The molecule has 0 spiro atoms. The second kappa shape index (κ2) is 36.7. The number of rotatable bonds is 12. The molecule has 0 aliphatic heterocycles. The van der Waals surface area contributed by atoms with E-state index in [1.807, 2.05) is 154 Å². The Labute approximate surface area is 536 Å². The van der Waals surface area contributed by atoms with E-state index < -0.39 is 18.5 Å². The van der Waals surface area contributed by atoms with Crippen molar-refractivity contribution in [2.45, 2.75) is 73.2 Å². The van der Waals surface area contributed by atoms with Crippen molar-refractivity contribution in [3.05, 3.63) is 210 Å². The molecule has 0 fully saturated rings. The average Bonchev–Trinajstić information content (AvgIpc) is 4.33. The molecule has 0 saturated carbocycles. The first-order valence-corrected chi connectivity index (χ1v) is 24.3. The van der Waals surface area contributed by atoms with E-state index in [0.29, 0.717) is 5.82 Å². The Hall–Kier alpha value is -5.72. The van der Waals surface area contributed by atoms with Gasteiger partial charge in [-0.25, -0.2) is 24.1 Å². The van der Waals surface area contributed by atoms with Crippen molar-refractivity contribution in [2.24, 2.45) is 0 Å². The third-order valence-electron chi connectivity index (χ3n) is 10.8. The summed E-state index contributed by atoms with van der Waals surface area (Å²) in [6.07, 6.45) is 4.80. The van der Waals surface area contributed by atoms with E-state index >= 15 is 0 Å². The summed E-state index contributed by atoms with van der Waals surface area (Å²) in [6, 6.07) is 47.3. The van der Waals surface area contributed by atoms with Crippen molar-refractivity contribution < 1.29 is 123 Å². The number of halogens is 4. The minimum Gasteiger partial charge on any atom is -0.493 e. The number of para-hydroxylation sites is 3. The van der Waals surface area contributed by atoms with E-state index in [1.54, 1.807) is 17.1 Å². The molecule has 25 heteroatoms. The molecule has 0 aliphatic rings. The summed E-state index contributed by atoms with van der Waals surface area (Å²) in [5.41, 5.74) is 7.09. The van der Waals surface area contributed by atoms with Gasteiger partial charge in [0.05, 0.1) is 40.5 Å². The van der Waals surface area contributed by atoms with Gasteiger partial charge in [-0.05, 0) is 85.5 Å². The van der Waals surface area contributed by atoms with Crippen LogP contribution in [0.25, 0.3) is 34.0 Å². The van der Waals surface area contributed by atoms with Crippen molar-refractivity contribution in [1.82, 2.24) is 63.9 Å². The van der Waals surface area contributed by atoms with Crippen LogP contribution < -0.4 is 4.90 Å². The van der Waals surface area contributed by atoms with E-state index in [4.69, 9.17) is 0 Å². The molecular weight excluding hydrogens is 1850 g/mol. The molecule has 7 aromatic heterocycles. The molecule has 0 bridgehead atoms. The third kappa shape index (κ3) is 21.5. The molecule has 0 amide bonds. The molecule has 3 aromatic carbocycles. The smallest absolute Gasteiger partial charge is 0.433 e. The molecule has 0 aliphatic carbocycles. The minimum absolute atomic E-state index is 0. The van der Waals surface area contributed by atoms with E-state index in [-0.39, 0.29) is 123 Å². The molecule has 10 rings (SSSR count). The fourth-order valence-corrected chi connectivity index (χ4v) is 6.92. The van der Waals surface area contributed by atoms with Gasteiger partial charge < -0.3 is 20.0 Å². The molecule has 16 nitrogen and oxygen atoms in total. The summed E-state index contributed by atoms with van der Waals surface area (Å²) in [4.78, 5) is 14.5. The van der Waals surface area contributed by atoms with Crippen molar-refractivity contribution >= 4 is 11.5 Å². The predicted molar refractivity (Wildman–Crippen MR) is 285 cm³/mol. The van der Waals surface area contributed by atoms with Crippen LogP contribution in [-0.4, -0.2) is 90.1 Å². The normalized spacial score (nSPS) is 10.0. The number of hydrogen-bond donors (Lipinski definition) is 1. The maximum atomic E-state index is 12.6. The number of hydrogen-bond acceptors (Lipinski definition) is 10. The molecule has 5 radical (unpaired) electrons. The Balaban J connectivity index is 0.000000502. The molecule has 7 heterocycles. The average molecular weight is 1910 g/mol. The summed E-state index contributed by atoms with van der Waals surface area (Å²) in [5, 5.41) is 34.1. The molecule has 10 aromatic rings. The fraction of sp³-hybridized carbons (Fsp3) is 0.250. The van der Waals surface area contributed by atoms with Gasteiger partial charge in [-0.15, -0.1) is 18.2 Å². The van der Waals surface area contributed by atoms with E-state index in [0.717, 1.165) is 82.1 Å². The second-order valence-corrected chi connectivity index (χ2v) is 16.5. The SMILES string of the molecule is CCc1cccc(-n2nc(C)cc2O)n1.CCc1ccn(-c2[c-]cccc2)n1.CCc1ncn(-c2[c-]cccc2)n1.CCc1nn(-c2[c-]cccc2)cc1N(C)C.C[N-]c1cc(C(F)(F)F)nn1-c1cccc(CF)n1.[Ir].[Ir].[Ir].[Ir].[Rh]. The van der Waals surface area contributed by atoms with Crippen LogP contribution in [0.4, 0.5) is 29.1 Å². The number of benzene rings is 3. The fourth-order valence-electron chi connectivity index (χ4n) is 6.92. The largest absolute Gasteiger partial charge is 0.493 e. The molecule has 81 heavy (non-hydrogen) atoms. The van der Waals surface area contributed by atoms with Crippen LogP contribution in [0.1, 0.15) is 67.7 Å². The van der Waals surface area contributed by atoms with Gasteiger partial charge in [0.2, 0.25) is 5.88 Å². The van der Waals surface area contributed by atoms with Gasteiger partial charge in [0.15, 0.2) is 11.6 Å². The van der Waals surface area contributed by atoms with Crippen LogP contribution in [0.2, 0.25) is 0 Å². The zero-order valence-corrected chi connectivity index (χ0v) is 56.4. The first-order chi connectivity index (χ1) is 36.7. The summed E-state index contributed by atoms with van der Waals surface area (Å²) in [5.74, 6) is 1.72. The van der Waals surface area contributed by atoms with Crippen LogP contribution in [0.3, 0.4) is 0 Å². The van der Waals surface area contributed by atoms with E-state index in [2.05, 4.69) is 82.7 Å². The molecule has 0 unspecified atom stereocenters. The molecule has 441 valence electrons. The zero-order valence-electron chi connectivity index (χ0n) is 45.2. The van der Waals surface area contributed by atoms with Crippen LogP contribution in [0.15, 0.2) is 146 Å². The van der Waals surface area contributed by atoms with E-state index in [1.165, 1.54) is 35.6 Å². The van der Waals surface area contributed by atoms with E-state index in [9.17, 15) is 22.7 Å². The van der Waals surface area contributed by atoms with Crippen LogP contribution in [0.5, 0.6) is 5.88 Å². The molecule has 0 saturated heterocycles. The second-order valence-electron chi connectivity index (χ2n) is 16.5. The first-order valence-electron chi connectivity index (χ1n) is 24.3. The molecule has 1 N–H and O–H groups in total. The van der Waals surface area contributed by atoms with Gasteiger partial charge in [0, 0.05) is 138 Å². The summed E-state index contributed by atoms with van der Waals surface area (Å²) < 4.78 is 58.1. The topological polar surface area (TPSA) is 165 Å². The quantitative estimate of drug-likeness (QED) is 0.0707. The Bertz CT molecular complexity index is 3240. The summed E-state index contributed by atoms with van der Waals surface area (Å²) in [7, 11) is 5.41. The number of aromatic hydroxyl groups is 1. The van der Waals surface area contributed by atoms with Crippen LogP contribution in [-0.2, 0) is 138 Å². The number of anilines is 1. The number of aryl methyl sites for hydroxylation is 5. The van der Waals surface area contributed by atoms with Gasteiger partial charge in [-0.1, -0.05) is 46.9 Å². The third-order valence-corrected chi connectivity index (χ3v) is 10.8. The molecular formula is C56H59F4Ir4N15ORh-4. The first kappa shape index (κ1) is 73.3. The zero-order chi connectivity index (χ0) is 54.6. The Kier molecular flexibility index (Phi) is 33.2. The van der Waals surface area contributed by atoms with Crippen molar-refractivity contribution in [3.63, 3.8) is 0 Å².